The van der Waals surface area contributed by atoms with E-state index < -0.39 is 0 Å². The minimum absolute atomic E-state index is 0.0566. The highest BCUT2D eigenvalue weighted by molar-refractivity contribution is 4.88. The quantitative estimate of drug-likeness (QED) is 0.648. The van der Waals surface area contributed by atoms with Gasteiger partial charge in [0.25, 0.3) is 0 Å². The average molecular weight is 184 g/mol. The molecule has 3 heteroatoms. The highest BCUT2D eigenvalue weighted by Gasteiger charge is 2.31. The van der Waals surface area contributed by atoms with Gasteiger partial charge in [0, 0.05) is 25.7 Å². The van der Waals surface area contributed by atoms with Crippen molar-refractivity contribution < 1.29 is 5.11 Å². The molecule has 0 aromatic heterocycles. The number of likely N-dealkylation sites (N-methyl/N-ethyl adjacent to an activating group) is 1. The first kappa shape index (κ1) is 9.44. The van der Waals surface area contributed by atoms with Crippen LogP contribution in [0.4, 0.5) is 0 Å². The molecule has 0 aromatic carbocycles. The summed E-state index contributed by atoms with van der Waals surface area (Å²) in [5.41, 5.74) is 0. The van der Waals surface area contributed by atoms with Gasteiger partial charge in [0.2, 0.25) is 0 Å². The first-order valence-corrected chi connectivity index (χ1v) is 5.37. The van der Waals surface area contributed by atoms with Crippen LogP contribution >= 0.6 is 0 Å². The fraction of sp³-hybridized carbons (Fsp3) is 1.00. The fourth-order valence-corrected chi connectivity index (χ4v) is 2.29. The van der Waals surface area contributed by atoms with Gasteiger partial charge in [0.1, 0.15) is 0 Å². The predicted octanol–water partition coefficient (Wildman–Crippen LogP) is 0.0510. The molecule has 3 nitrogen and oxygen atoms in total. The summed E-state index contributed by atoms with van der Waals surface area (Å²) in [7, 11) is 2.05. The van der Waals surface area contributed by atoms with Crippen molar-refractivity contribution in [1.29, 1.82) is 0 Å². The third kappa shape index (κ3) is 2.03. The number of hydrogen-bond acceptors (Lipinski definition) is 3. The first-order valence-electron chi connectivity index (χ1n) is 5.37. The maximum atomic E-state index is 9.15. The topological polar surface area (TPSA) is 35.5 Å². The van der Waals surface area contributed by atoms with Crippen molar-refractivity contribution in [2.45, 2.75) is 31.4 Å². The molecule has 2 aliphatic rings. The van der Waals surface area contributed by atoms with Gasteiger partial charge in [0.15, 0.2) is 0 Å². The molecule has 0 radical (unpaired) electrons. The van der Waals surface area contributed by atoms with Crippen LogP contribution in [0.2, 0.25) is 0 Å². The van der Waals surface area contributed by atoms with Crippen molar-refractivity contribution in [2.75, 3.05) is 26.7 Å². The molecule has 2 rings (SSSR count). The van der Waals surface area contributed by atoms with Crippen molar-refractivity contribution in [1.82, 2.24) is 10.2 Å². The number of likely N-dealkylation sites (tertiary alicyclic amines) is 1. The van der Waals surface area contributed by atoms with Crippen molar-refractivity contribution in [3.63, 3.8) is 0 Å². The van der Waals surface area contributed by atoms with Crippen LogP contribution in [0.3, 0.4) is 0 Å². The van der Waals surface area contributed by atoms with Crippen molar-refractivity contribution in [3.8, 4) is 0 Å². The molecule has 1 aliphatic heterocycles. The third-order valence-electron chi connectivity index (χ3n) is 3.48. The molecule has 0 spiro atoms. The van der Waals surface area contributed by atoms with Gasteiger partial charge in [0.05, 0.1) is 6.10 Å². The monoisotopic (exact) mass is 184 g/mol. The first-order chi connectivity index (χ1) is 6.29. The van der Waals surface area contributed by atoms with Gasteiger partial charge in [-0.25, -0.2) is 0 Å². The molecule has 0 amide bonds. The van der Waals surface area contributed by atoms with Crippen molar-refractivity contribution in [3.05, 3.63) is 0 Å². The summed E-state index contributed by atoms with van der Waals surface area (Å²) in [6, 6.07) is 0.654. The van der Waals surface area contributed by atoms with E-state index in [1.54, 1.807) is 0 Å². The van der Waals surface area contributed by atoms with Crippen LogP contribution in [-0.2, 0) is 0 Å². The lowest BCUT2D eigenvalue weighted by molar-refractivity contribution is -0.00935. The number of nitrogens with zero attached hydrogens (tertiary/aromatic N) is 1. The van der Waals surface area contributed by atoms with Gasteiger partial charge in [-0.2, -0.15) is 0 Å². The number of aliphatic hydroxyl groups is 1. The highest BCUT2D eigenvalue weighted by atomic mass is 16.3. The van der Waals surface area contributed by atoms with Gasteiger partial charge in [-0.15, -0.1) is 0 Å². The predicted molar refractivity (Wildman–Crippen MR) is 52.6 cm³/mol. The van der Waals surface area contributed by atoms with E-state index >= 15 is 0 Å². The molecule has 1 saturated carbocycles. The molecule has 1 unspecified atom stereocenters. The summed E-state index contributed by atoms with van der Waals surface area (Å²) >= 11 is 0. The van der Waals surface area contributed by atoms with Gasteiger partial charge >= 0.3 is 0 Å². The second kappa shape index (κ2) is 3.95. The van der Waals surface area contributed by atoms with Crippen LogP contribution in [0.1, 0.15) is 19.3 Å². The van der Waals surface area contributed by atoms with Gasteiger partial charge in [-0.05, 0) is 25.8 Å². The Hall–Kier alpha value is -0.120. The molecule has 13 heavy (non-hydrogen) atoms. The Kier molecular flexibility index (Phi) is 2.86. The summed E-state index contributed by atoms with van der Waals surface area (Å²) in [5.74, 6) is 0.891. The molecule has 2 fully saturated rings. The molecule has 1 saturated heterocycles. The molecule has 1 heterocycles. The van der Waals surface area contributed by atoms with Crippen LogP contribution < -0.4 is 5.32 Å². The van der Waals surface area contributed by atoms with E-state index in [-0.39, 0.29) is 6.10 Å². The zero-order chi connectivity index (χ0) is 9.26. The SMILES string of the molecule is CNC(CN1CC(O)C1)C1CCC1. The van der Waals surface area contributed by atoms with Crippen LogP contribution in [0.25, 0.3) is 0 Å². The molecule has 76 valence electrons. The molecule has 1 aliphatic carbocycles. The Morgan fingerprint density at radius 1 is 1.46 bits per heavy atom. The maximum Gasteiger partial charge on any atom is 0.0793 e. The Balaban J connectivity index is 1.71. The van der Waals surface area contributed by atoms with E-state index in [9.17, 15) is 0 Å². The molecular formula is C10H20N2O. The van der Waals surface area contributed by atoms with E-state index in [4.69, 9.17) is 5.11 Å². The van der Waals surface area contributed by atoms with E-state index in [1.807, 2.05) is 0 Å². The summed E-state index contributed by atoms with van der Waals surface area (Å²) < 4.78 is 0. The second-order valence-corrected chi connectivity index (χ2v) is 4.46. The number of nitrogens with one attached hydrogen (secondary N) is 1. The third-order valence-corrected chi connectivity index (χ3v) is 3.48. The number of β-amino-alcohol motifs (C(OH)–C–C–N with tert-alkyl or cyclic N) is 1. The number of aliphatic hydroxyl groups excluding tert-OH is 1. The standard InChI is InChI=1S/C10H20N2O/c1-11-10(8-3-2-4-8)7-12-5-9(13)6-12/h8-11,13H,2-7H2,1H3. The summed E-state index contributed by atoms with van der Waals surface area (Å²) in [5, 5.41) is 12.5. The van der Waals surface area contributed by atoms with Gasteiger partial charge in [-0.1, -0.05) is 6.42 Å². The minimum atomic E-state index is -0.0566. The lowest BCUT2D eigenvalue weighted by atomic mass is 9.79. The van der Waals surface area contributed by atoms with Gasteiger partial charge in [-0.3, -0.25) is 4.90 Å². The van der Waals surface area contributed by atoms with Crippen LogP contribution in [-0.4, -0.2) is 48.8 Å². The zero-order valence-corrected chi connectivity index (χ0v) is 8.37. The summed E-state index contributed by atoms with van der Waals surface area (Å²) in [4.78, 5) is 2.34. The summed E-state index contributed by atoms with van der Waals surface area (Å²) in [6.45, 7) is 2.88. The normalized spacial score (nSPS) is 28.2. The molecule has 0 bridgehead atoms. The Morgan fingerprint density at radius 2 is 2.15 bits per heavy atom. The maximum absolute atomic E-state index is 9.15. The van der Waals surface area contributed by atoms with Crippen LogP contribution in [0, 0.1) is 5.92 Å². The Bertz CT molecular complexity index is 164. The van der Waals surface area contributed by atoms with Crippen LogP contribution in [0.5, 0.6) is 0 Å². The lowest BCUT2D eigenvalue weighted by Crippen LogP contribution is -2.56. The van der Waals surface area contributed by atoms with Gasteiger partial charge < -0.3 is 10.4 Å². The van der Waals surface area contributed by atoms with E-state index in [2.05, 4.69) is 17.3 Å². The molecule has 2 N–H and O–H groups in total. The zero-order valence-electron chi connectivity index (χ0n) is 8.37. The number of rotatable bonds is 4. The fourth-order valence-electron chi connectivity index (χ4n) is 2.29. The van der Waals surface area contributed by atoms with E-state index in [0.717, 1.165) is 25.6 Å². The molecule has 1 atom stereocenters. The smallest absolute Gasteiger partial charge is 0.0793 e. The summed E-state index contributed by atoms with van der Waals surface area (Å²) in [6.07, 6.45) is 4.13. The van der Waals surface area contributed by atoms with E-state index in [0.29, 0.717) is 6.04 Å². The lowest BCUT2D eigenvalue weighted by Gasteiger charge is -2.42. The second-order valence-electron chi connectivity index (χ2n) is 4.46. The number of hydrogen-bond donors (Lipinski definition) is 2. The largest absolute Gasteiger partial charge is 0.390 e. The van der Waals surface area contributed by atoms with Crippen molar-refractivity contribution in [2.24, 2.45) is 5.92 Å². The molecular weight excluding hydrogens is 164 g/mol. The highest BCUT2D eigenvalue weighted by Crippen LogP contribution is 2.30. The molecule has 0 aromatic rings. The Morgan fingerprint density at radius 3 is 2.54 bits per heavy atom. The van der Waals surface area contributed by atoms with E-state index in [1.165, 1.54) is 19.3 Å². The van der Waals surface area contributed by atoms with Crippen molar-refractivity contribution >= 4 is 0 Å². The average Bonchev–Trinajstić information content (AvgIpc) is 1.96. The minimum Gasteiger partial charge on any atom is -0.390 e. The van der Waals surface area contributed by atoms with Crippen LogP contribution in [0.15, 0.2) is 0 Å². The Labute approximate surface area is 80.1 Å².